The molecule has 0 aliphatic rings. The molecule has 0 rings (SSSR count). The Bertz CT molecular complexity index is 56.7. The van der Waals surface area contributed by atoms with E-state index in [0.29, 0.717) is 0 Å². The normalized spacial score (nSPS) is 5.29. The lowest BCUT2D eigenvalue weighted by Crippen LogP contribution is -2.18. The van der Waals surface area contributed by atoms with Gasteiger partial charge in [0.1, 0.15) is 0 Å². The van der Waals surface area contributed by atoms with Gasteiger partial charge in [-0.15, -0.1) is 6.58 Å². The lowest BCUT2D eigenvalue weighted by molar-refractivity contribution is 0.256. The first kappa shape index (κ1) is 9.38. The van der Waals surface area contributed by atoms with Crippen LogP contribution < -0.4 is 11.5 Å². The van der Waals surface area contributed by atoms with Crippen LogP contribution in [0.3, 0.4) is 0 Å². The Labute approximate surface area is 43.0 Å². The highest BCUT2D eigenvalue weighted by atomic mass is 16.2. The Morgan fingerprint density at radius 3 is 1.71 bits per heavy atom. The summed E-state index contributed by atoms with van der Waals surface area (Å²) in [5, 5.41) is 0. The van der Waals surface area contributed by atoms with Crippen LogP contribution in [0, 0.1) is 0 Å². The Hall–Kier alpha value is -0.990. The first-order valence-electron chi connectivity index (χ1n) is 1.77. The van der Waals surface area contributed by atoms with Gasteiger partial charge < -0.3 is 11.5 Å². The third kappa shape index (κ3) is 46.3. The fraction of sp³-hybridized carbons (Fsp3) is 0.250. The predicted octanol–water partition coefficient (Wildman–Crippen LogP) is 0.216. The third-order valence-electron chi connectivity index (χ3n) is 0. The van der Waals surface area contributed by atoms with Gasteiger partial charge in [-0.3, -0.25) is 0 Å². The molecule has 0 fully saturated rings. The van der Waals surface area contributed by atoms with Gasteiger partial charge in [0.2, 0.25) is 0 Å². The van der Waals surface area contributed by atoms with Gasteiger partial charge in [0, 0.05) is 0 Å². The maximum absolute atomic E-state index is 9.00. The quantitative estimate of drug-likeness (QED) is 0.422. The van der Waals surface area contributed by atoms with Crippen LogP contribution in [-0.2, 0) is 0 Å². The molecule has 0 atom stereocenters. The standard InChI is InChI=1S/C3H6.CH4N2O/c1-3-2;2-1(3)4/h3H,1H2,2H3;(H4,2,3,4). The van der Waals surface area contributed by atoms with Crippen LogP contribution in [0.2, 0.25) is 0 Å². The van der Waals surface area contributed by atoms with E-state index in [1.165, 1.54) is 0 Å². The van der Waals surface area contributed by atoms with Crippen LogP contribution >= 0.6 is 0 Å². The molecule has 0 saturated heterocycles. The minimum absolute atomic E-state index is 0.833. The summed E-state index contributed by atoms with van der Waals surface area (Å²) >= 11 is 0. The zero-order valence-corrected chi connectivity index (χ0v) is 4.35. The SMILES string of the molecule is C=CC.NC(N)=O. The molecule has 2 amide bonds. The Balaban J connectivity index is 0. The first-order chi connectivity index (χ1) is 3.15. The molecule has 0 aliphatic heterocycles. The van der Waals surface area contributed by atoms with Gasteiger partial charge >= 0.3 is 6.03 Å². The van der Waals surface area contributed by atoms with Crippen molar-refractivity contribution in [3.05, 3.63) is 12.7 Å². The minimum atomic E-state index is -0.833. The molecule has 0 spiro atoms. The second kappa shape index (κ2) is 8.89. The number of allylic oxidation sites excluding steroid dienone is 1. The Morgan fingerprint density at radius 1 is 1.71 bits per heavy atom. The van der Waals surface area contributed by atoms with Gasteiger partial charge in [0.15, 0.2) is 0 Å². The summed E-state index contributed by atoms with van der Waals surface area (Å²) in [6.07, 6.45) is 1.75. The van der Waals surface area contributed by atoms with Gasteiger partial charge in [-0.25, -0.2) is 4.79 Å². The van der Waals surface area contributed by atoms with E-state index in [1.54, 1.807) is 6.08 Å². The van der Waals surface area contributed by atoms with Crippen molar-refractivity contribution in [2.75, 3.05) is 0 Å². The molecule has 3 nitrogen and oxygen atoms in total. The van der Waals surface area contributed by atoms with Crippen molar-refractivity contribution in [2.45, 2.75) is 6.92 Å². The summed E-state index contributed by atoms with van der Waals surface area (Å²) in [4.78, 5) is 9.00. The number of carbonyl (C=O) groups excluding carboxylic acids is 1. The topological polar surface area (TPSA) is 69.1 Å². The molecule has 0 aromatic heterocycles. The van der Waals surface area contributed by atoms with Crippen LogP contribution in [-0.4, -0.2) is 6.03 Å². The zero-order valence-electron chi connectivity index (χ0n) is 4.35. The molecule has 3 heteroatoms. The van der Waals surface area contributed by atoms with Gasteiger partial charge in [0.25, 0.3) is 0 Å². The van der Waals surface area contributed by atoms with E-state index < -0.39 is 6.03 Å². The maximum Gasteiger partial charge on any atom is 0.309 e. The van der Waals surface area contributed by atoms with Crippen LogP contribution in [0.25, 0.3) is 0 Å². The Morgan fingerprint density at radius 2 is 1.71 bits per heavy atom. The van der Waals surface area contributed by atoms with Crippen molar-refractivity contribution in [1.29, 1.82) is 0 Å². The van der Waals surface area contributed by atoms with Gasteiger partial charge in [0.05, 0.1) is 0 Å². The summed E-state index contributed by atoms with van der Waals surface area (Å²) in [5.74, 6) is 0. The first-order valence-corrected chi connectivity index (χ1v) is 1.77. The number of hydrogen-bond donors (Lipinski definition) is 2. The third-order valence-corrected chi connectivity index (χ3v) is 0. The van der Waals surface area contributed by atoms with Crippen molar-refractivity contribution in [1.82, 2.24) is 0 Å². The highest BCUT2D eigenvalue weighted by Crippen LogP contribution is 1.38. The molecule has 4 N–H and O–H groups in total. The molecular formula is C4H10N2O. The fourth-order valence-corrected chi connectivity index (χ4v) is 0. The van der Waals surface area contributed by atoms with Crippen LogP contribution in [0.4, 0.5) is 4.79 Å². The number of urea groups is 1. The minimum Gasteiger partial charge on any atom is -0.352 e. The van der Waals surface area contributed by atoms with Crippen molar-refractivity contribution >= 4 is 6.03 Å². The van der Waals surface area contributed by atoms with Gasteiger partial charge in [-0.05, 0) is 6.92 Å². The Kier molecular flexibility index (Phi) is 11.9. The lowest BCUT2D eigenvalue weighted by atomic mass is 10.8. The molecule has 42 valence electrons. The van der Waals surface area contributed by atoms with Gasteiger partial charge in [-0.2, -0.15) is 0 Å². The number of hydrogen-bond acceptors (Lipinski definition) is 1. The van der Waals surface area contributed by atoms with Crippen LogP contribution in [0.5, 0.6) is 0 Å². The molecule has 0 aromatic rings. The second-order valence-corrected chi connectivity index (χ2v) is 0.811. The van der Waals surface area contributed by atoms with E-state index in [2.05, 4.69) is 18.0 Å². The number of rotatable bonds is 0. The summed E-state index contributed by atoms with van der Waals surface area (Å²) in [7, 11) is 0. The molecule has 0 unspecified atom stereocenters. The summed E-state index contributed by atoms with van der Waals surface area (Å²) in [5.41, 5.74) is 8.50. The molecule has 0 heterocycles. The van der Waals surface area contributed by atoms with E-state index in [0.717, 1.165) is 0 Å². The van der Waals surface area contributed by atoms with Crippen LogP contribution in [0.15, 0.2) is 12.7 Å². The predicted molar refractivity (Wildman–Crippen MR) is 29.6 cm³/mol. The highest BCUT2D eigenvalue weighted by Gasteiger charge is 1.60. The van der Waals surface area contributed by atoms with Crippen molar-refractivity contribution < 1.29 is 4.79 Å². The smallest absolute Gasteiger partial charge is 0.309 e. The fourth-order valence-electron chi connectivity index (χ4n) is 0. The second-order valence-electron chi connectivity index (χ2n) is 0.811. The van der Waals surface area contributed by atoms with Crippen LogP contribution in [0.1, 0.15) is 6.92 Å². The average Bonchev–Trinajstić information content (AvgIpc) is 1.33. The maximum atomic E-state index is 9.00. The zero-order chi connectivity index (χ0) is 6.28. The molecule has 0 aliphatic carbocycles. The van der Waals surface area contributed by atoms with Crippen molar-refractivity contribution in [2.24, 2.45) is 11.5 Å². The molecule has 0 saturated carbocycles. The summed E-state index contributed by atoms with van der Waals surface area (Å²) < 4.78 is 0. The number of nitrogens with two attached hydrogens (primary N) is 2. The monoisotopic (exact) mass is 102 g/mol. The molecule has 0 radical (unpaired) electrons. The van der Waals surface area contributed by atoms with E-state index in [1.807, 2.05) is 6.92 Å². The van der Waals surface area contributed by atoms with E-state index in [9.17, 15) is 0 Å². The summed E-state index contributed by atoms with van der Waals surface area (Å²) in [6, 6.07) is -0.833. The largest absolute Gasteiger partial charge is 0.352 e. The summed E-state index contributed by atoms with van der Waals surface area (Å²) in [6.45, 7) is 5.25. The molecule has 0 aromatic carbocycles. The van der Waals surface area contributed by atoms with Crippen molar-refractivity contribution in [3.8, 4) is 0 Å². The van der Waals surface area contributed by atoms with E-state index in [-0.39, 0.29) is 0 Å². The van der Waals surface area contributed by atoms with E-state index in [4.69, 9.17) is 4.79 Å². The average molecular weight is 102 g/mol. The lowest BCUT2D eigenvalue weighted by Gasteiger charge is -1.62. The number of amides is 2. The van der Waals surface area contributed by atoms with Gasteiger partial charge in [-0.1, -0.05) is 6.08 Å². The highest BCUT2D eigenvalue weighted by molar-refractivity contribution is 5.69. The number of carbonyl (C=O) groups is 1. The number of primary amides is 2. The van der Waals surface area contributed by atoms with Crippen molar-refractivity contribution in [3.63, 3.8) is 0 Å². The molecule has 7 heavy (non-hydrogen) atoms. The molecule has 0 bridgehead atoms. The van der Waals surface area contributed by atoms with E-state index >= 15 is 0 Å². The molecular weight excluding hydrogens is 92.1 g/mol.